The molecule has 0 aliphatic heterocycles. The molecule has 2 radical (unpaired) electrons. The van der Waals surface area contributed by atoms with Crippen LogP contribution in [0, 0.1) is 0 Å². The Morgan fingerprint density at radius 2 is 1.08 bits per heavy atom. The van der Waals surface area contributed by atoms with Crippen LogP contribution in [0.15, 0.2) is 0 Å². The van der Waals surface area contributed by atoms with Crippen LogP contribution in [0.25, 0.3) is 0 Å². The summed E-state index contributed by atoms with van der Waals surface area (Å²) in [7, 11) is 0. The Balaban J connectivity index is -0.000000405. The fourth-order valence-corrected chi connectivity index (χ4v) is 0.270. The van der Waals surface area contributed by atoms with Gasteiger partial charge in [0.1, 0.15) is 0 Å². The number of aliphatic hydroxyl groups excluding tert-OH is 2. The van der Waals surface area contributed by atoms with Crippen molar-refractivity contribution in [3.05, 3.63) is 0 Å². The van der Waals surface area contributed by atoms with E-state index < -0.39 is 24.1 Å². The summed E-state index contributed by atoms with van der Waals surface area (Å²) in [5, 5.41) is 32.5. The van der Waals surface area contributed by atoms with Gasteiger partial charge in [0.2, 0.25) is 0 Å². The maximum Gasteiger partial charge on any atom is 0 e. The molecule has 4 N–H and O–H groups in total. The van der Waals surface area contributed by atoms with Gasteiger partial charge in [-0.05, 0) is 0 Å². The van der Waals surface area contributed by atoms with Gasteiger partial charge in [-0.25, -0.2) is 9.59 Å². The van der Waals surface area contributed by atoms with Crippen LogP contribution in [0.1, 0.15) is 0 Å². The molecule has 8 heteroatoms. The molecule has 12 heavy (non-hydrogen) atoms. The van der Waals surface area contributed by atoms with E-state index in [2.05, 4.69) is 0 Å². The van der Waals surface area contributed by atoms with Crippen LogP contribution >= 0.6 is 0 Å². The Bertz CT molecular complexity index is 144. The Morgan fingerprint density at radius 3 is 1.17 bits per heavy atom. The largest absolute Gasteiger partial charge is 0 e. The van der Waals surface area contributed by atoms with E-state index in [0.717, 1.165) is 0 Å². The van der Waals surface area contributed by atoms with Crippen molar-refractivity contribution >= 4 is 39.2 Å². The molecule has 2 unspecified atom stereocenters. The standard InChI is InChI=1S/C4H6O6.Pb.Zr.2H/c5-1(3(7)8)2(6)4(9)10;;;;/h1-2,5-6H,(H,7,8)(H,9,10);;;;. The van der Waals surface area contributed by atoms with E-state index in [-0.39, 0.29) is 53.5 Å². The smallest absolute Gasteiger partial charge is 0 e. The summed E-state index contributed by atoms with van der Waals surface area (Å²) in [4.78, 5) is 19.5. The van der Waals surface area contributed by atoms with Crippen molar-refractivity contribution in [1.82, 2.24) is 0 Å². The molecule has 0 fully saturated rings. The molecule has 0 saturated heterocycles. The zero-order valence-corrected chi connectivity index (χ0v) is 13.9. The Morgan fingerprint density at radius 1 is 0.917 bits per heavy atom. The number of carboxylic acids is 2. The van der Waals surface area contributed by atoms with Gasteiger partial charge in [0.05, 0.1) is 0 Å². The van der Waals surface area contributed by atoms with Gasteiger partial charge in [0.25, 0.3) is 0 Å². The third kappa shape index (κ3) is 6.21. The molecule has 68 valence electrons. The summed E-state index contributed by atoms with van der Waals surface area (Å²) in [6, 6.07) is 0. The third-order valence-electron chi connectivity index (χ3n) is 0.805. The fourth-order valence-electron chi connectivity index (χ4n) is 0.270. The van der Waals surface area contributed by atoms with Crippen LogP contribution in [-0.4, -0.2) is 71.9 Å². The van der Waals surface area contributed by atoms with Gasteiger partial charge in [0, 0.05) is 26.2 Å². The molecule has 0 aromatic heterocycles. The maximum absolute atomic E-state index is 9.77. The van der Waals surface area contributed by atoms with Crippen LogP contribution in [0.5, 0.6) is 0 Å². The van der Waals surface area contributed by atoms with E-state index in [9.17, 15) is 9.59 Å². The molecule has 0 spiro atoms. The minimum absolute atomic E-state index is 0. The predicted molar refractivity (Wildman–Crippen MR) is 35.8 cm³/mol. The maximum atomic E-state index is 9.77. The van der Waals surface area contributed by atoms with Crippen molar-refractivity contribution in [2.45, 2.75) is 12.2 Å². The zero-order chi connectivity index (χ0) is 8.31. The molecule has 0 bridgehead atoms. The SMILES string of the molecule is O=C(O)C(O)C(O)C(=O)O.[PbH2].[Zr]. The van der Waals surface area contributed by atoms with Crippen molar-refractivity contribution in [3.63, 3.8) is 0 Å². The summed E-state index contributed by atoms with van der Waals surface area (Å²) >= 11 is 0. The molecule has 0 aliphatic rings. The molecule has 0 aliphatic carbocycles. The first-order valence-corrected chi connectivity index (χ1v) is 2.28. The van der Waals surface area contributed by atoms with E-state index in [1.165, 1.54) is 0 Å². The van der Waals surface area contributed by atoms with Crippen molar-refractivity contribution in [3.8, 4) is 0 Å². The predicted octanol–water partition coefficient (Wildman–Crippen LogP) is -3.04. The molecule has 0 aromatic carbocycles. The molecule has 0 rings (SSSR count). The second-order valence-corrected chi connectivity index (χ2v) is 1.57. The van der Waals surface area contributed by atoms with E-state index in [1.807, 2.05) is 0 Å². The summed E-state index contributed by atoms with van der Waals surface area (Å²) < 4.78 is 0. The number of aliphatic hydroxyl groups is 2. The molecule has 0 heterocycles. The summed E-state index contributed by atoms with van der Waals surface area (Å²) in [6.45, 7) is 0. The number of aliphatic carboxylic acids is 2. The fraction of sp³-hybridized carbons (Fsp3) is 0.500. The zero-order valence-electron chi connectivity index (χ0n) is 5.97. The van der Waals surface area contributed by atoms with Crippen LogP contribution in [0.4, 0.5) is 0 Å². The normalized spacial score (nSPS) is 13.2. The average Bonchev–Trinajstić information content (AvgIpc) is 1.84. The van der Waals surface area contributed by atoms with Crippen LogP contribution in [0.2, 0.25) is 0 Å². The summed E-state index contributed by atoms with van der Waals surface area (Å²) in [5.41, 5.74) is 0. The first-order chi connectivity index (χ1) is 4.46. The number of carbonyl (C=O) groups is 2. The monoisotopic (exact) mass is 450 g/mol. The molecule has 0 amide bonds. The van der Waals surface area contributed by atoms with Gasteiger partial charge in [-0.2, -0.15) is 0 Å². The van der Waals surface area contributed by atoms with Crippen molar-refractivity contribution in [2.24, 2.45) is 0 Å². The van der Waals surface area contributed by atoms with Crippen molar-refractivity contribution in [1.29, 1.82) is 0 Å². The quantitative estimate of drug-likeness (QED) is 0.340. The Labute approximate surface area is 107 Å². The second kappa shape index (κ2) is 8.27. The summed E-state index contributed by atoms with van der Waals surface area (Å²) in [5.74, 6) is -3.54. The van der Waals surface area contributed by atoms with Gasteiger partial charge in [-0.3, -0.25) is 0 Å². The van der Waals surface area contributed by atoms with E-state index in [0.29, 0.717) is 0 Å². The molecule has 2 atom stereocenters. The number of rotatable bonds is 3. The molecular formula is C4H8O6PbZr. The molecular weight excluding hydrogens is 442 g/mol. The minimum Gasteiger partial charge on any atom is 0 e. The second-order valence-electron chi connectivity index (χ2n) is 1.57. The number of hydrogen-bond acceptors (Lipinski definition) is 4. The Hall–Kier alpha value is 0.665. The van der Waals surface area contributed by atoms with Crippen LogP contribution < -0.4 is 0 Å². The van der Waals surface area contributed by atoms with Gasteiger partial charge in [-0.1, -0.05) is 0 Å². The summed E-state index contributed by atoms with van der Waals surface area (Å²) in [6.07, 6.45) is -4.53. The molecule has 0 aromatic rings. The Kier molecular flexibility index (Phi) is 12.7. The van der Waals surface area contributed by atoms with Gasteiger partial charge in [-0.15, -0.1) is 0 Å². The number of hydrogen-bond donors (Lipinski definition) is 4. The first kappa shape index (κ1) is 18.4. The van der Waals surface area contributed by atoms with Gasteiger partial charge < -0.3 is 20.4 Å². The first-order valence-electron chi connectivity index (χ1n) is 2.28. The van der Waals surface area contributed by atoms with Crippen LogP contribution in [0.3, 0.4) is 0 Å². The topological polar surface area (TPSA) is 115 Å². The van der Waals surface area contributed by atoms with Crippen molar-refractivity contribution in [2.75, 3.05) is 0 Å². The third-order valence-corrected chi connectivity index (χ3v) is 0.805. The van der Waals surface area contributed by atoms with E-state index in [1.54, 1.807) is 0 Å². The van der Waals surface area contributed by atoms with Gasteiger partial charge in [0.15, 0.2) is 12.2 Å². The number of carboxylic acid groups (broad SMARTS) is 2. The van der Waals surface area contributed by atoms with E-state index >= 15 is 0 Å². The minimum atomic E-state index is -2.27. The van der Waals surface area contributed by atoms with Gasteiger partial charge >= 0.3 is 39.2 Å². The molecule has 6 nitrogen and oxygen atoms in total. The van der Waals surface area contributed by atoms with Crippen LogP contribution in [-0.2, 0) is 35.8 Å². The van der Waals surface area contributed by atoms with E-state index in [4.69, 9.17) is 20.4 Å². The molecule has 0 saturated carbocycles. The average molecular weight is 451 g/mol. The van der Waals surface area contributed by atoms with Crippen molar-refractivity contribution < 1.29 is 56.2 Å².